The number of aliphatic hydroxyl groups is 1. The van der Waals surface area contributed by atoms with Gasteiger partial charge in [0.15, 0.2) is 28.1 Å². The maximum atomic E-state index is 13.8. The molecule has 1 aromatic heterocycles. The van der Waals surface area contributed by atoms with Gasteiger partial charge in [0.25, 0.3) is 5.78 Å². The Labute approximate surface area is 259 Å². The number of aliphatic hydroxyl groups excluding tert-OH is 1. The number of aromatic nitrogens is 1. The standard InChI is InChI=1S/C34H34N2O7S/c1-18(2)10-11-41-23-8-6-21(16-25(23)40-5)30-28(31(37)22-7-9-24-26(17-22)43-13-12-42-24)32(38)33(39)36(30)34-35-29-20(4)14-19(3)15-27(29)44-34/h6-9,14-18,30,37H,10-13H2,1-5H3/b31-28-. The van der Waals surface area contributed by atoms with Crippen molar-refractivity contribution in [3.05, 3.63) is 76.4 Å². The third-order valence-corrected chi connectivity index (χ3v) is 8.74. The minimum absolute atomic E-state index is 0.0608. The lowest BCUT2D eigenvalue weighted by Gasteiger charge is -2.24. The molecule has 0 aliphatic carbocycles. The van der Waals surface area contributed by atoms with Crippen molar-refractivity contribution in [2.45, 2.75) is 40.2 Å². The number of nitrogens with zero attached hydrogens (tertiary/aromatic N) is 2. The number of anilines is 1. The van der Waals surface area contributed by atoms with Crippen molar-refractivity contribution >= 4 is 44.1 Å². The Bertz CT molecular complexity index is 1810. The number of ketones is 1. The van der Waals surface area contributed by atoms with Gasteiger partial charge in [-0.2, -0.15) is 0 Å². The molecule has 6 rings (SSSR count). The van der Waals surface area contributed by atoms with Crippen molar-refractivity contribution in [3.63, 3.8) is 0 Å². The maximum Gasteiger partial charge on any atom is 0.301 e. The Morgan fingerprint density at radius 2 is 1.82 bits per heavy atom. The number of hydrogen-bond donors (Lipinski definition) is 1. The summed E-state index contributed by atoms with van der Waals surface area (Å²) in [7, 11) is 1.54. The molecule has 2 aliphatic rings. The summed E-state index contributed by atoms with van der Waals surface area (Å²) in [6, 6.07) is 13.3. The molecule has 0 bridgehead atoms. The van der Waals surface area contributed by atoms with Crippen LogP contribution in [0.5, 0.6) is 23.0 Å². The van der Waals surface area contributed by atoms with Crippen LogP contribution >= 0.6 is 11.3 Å². The van der Waals surface area contributed by atoms with E-state index in [2.05, 4.69) is 13.8 Å². The molecule has 1 N–H and O–H groups in total. The van der Waals surface area contributed by atoms with E-state index in [-0.39, 0.29) is 11.3 Å². The number of Topliss-reactive ketones (excluding diaryl/α,β-unsaturated/α-hetero) is 1. The predicted octanol–water partition coefficient (Wildman–Crippen LogP) is 6.74. The molecule has 1 saturated heterocycles. The molecular weight excluding hydrogens is 580 g/mol. The normalized spacial score (nSPS) is 17.5. The van der Waals surface area contributed by atoms with E-state index in [9.17, 15) is 14.7 Å². The fraction of sp³-hybridized carbons (Fsp3) is 0.324. The molecule has 0 radical (unpaired) electrons. The van der Waals surface area contributed by atoms with Gasteiger partial charge >= 0.3 is 5.91 Å². The van der Waals surface area contributed by atoms with Crippen molar-refractivity contribution in [3.8, 4) is 23.0 Å². The average Bonchev–Trinajstić information content (AvgIpc) is 3.54. The van der Waals surface area contributed by atoms with E-state index in [1.807, 2.05) is 26.0 Å². The minimum atomic E-state index is -0.983. The van der Waals surface area contributed by atoms with E-state index in [4.69, 9.17) is 23.9 Å². The zero-order chi connectivity index (χ0) is 31.1. The van der Waals surface area contributed by atoms with E-state index in [0.717, 1.165) is 27.8 Å². The van der Waals surface area contributed by atoms with E-state index in [1.54, 1.807) is 43.5 Å². The summed E-state index contributed by atoms with van der Waals surface area (Å²) in [6.07, 6.45) is 0.872. The highest BCUT2D eigenvalue weighted by atomic mass is 32.1. The molecule has 0 saturated carbocycles. The van der Waals surface area contributed by atoms with Crippen LogP contribution in [0.1, 0.15) is 48.6 Å². The van der Waals surface area contributed by atoms with Crippen LogP contribution in [0.15, 0.2) is 54.1 Å². The van der Waals surface area contributed by atoms with Gasteiger partial charge in [0.05, 0.1) is 35.5 Å². The van der Waals surface area contributed by atoms with Crippen molar-refractivity contribution in [2.75, 3.05) is 31.8 Å². The van der Waals surface area contributed by atoms with Crippen molar-refractivity contribution < 1.29 is 33.6 Å². The third kappa shape index (κ3) is 5.34. The highest BCUT2D eigenvalue weighted by Gasteiger charge is 2.48. The Kier molecular flexibility index (Phi) is 7.94. The van der Waals surface area contributed by atoms with Crippen LogP contribution in [0.4, 0.5) is 5.13 Å². The number of hydrogen-bond acceptors (Lipinski definition) is 9. The molecule has 1 atom stereocenters. The fourth-order valence-electron chi connectivity index (χ4n) is 5.53. The summed E-state index contributed by atoms with van der Waals surface area (Å²) in [6.45, 7) is 9.52. The number of fused-ring (bicyclic) bond motifs is 2. The lowest BCUT2D eigenvalue weighted by Crippen LogP contribution is -2.29. The van der Waals surface area contributed by atoms with Gasteiger partial charge in [-0.3, -0.25) is 14.5 Å². The van der Waals surface area contributed by atoms with E-state index in [1.165, 1.54) is 16.2 Å². The summed E-state index contributed by atoms with van der Waals surface area (Å²) in [5, 5.41) is 12.0. The first-order valence-corrected chi connectivity index (χ1v) is 15.4. The summed E-state index contributed by atoms with van der Waals surface area (Å²) < 4.78 is 23.9. The Morgan fingerprint density at radius 1 is 1.05 bits per heavy atom. The average molecular weight is 615 g/mol. The van der Waals surface area contributed by atoms with Gasteiger partial charge in [0.1, 0.15) is 19.0 Å². The first-order valence-electron chi connectivity index (χ1n) is 14.6. The monoisotopic (exact) mass is 614 g/mol. The molecular formula is C34H34N2O7S. The zero-order valence-corrected chi connectivity index (χ0v) is 26.1. The second-order valence-electron chi connectivity index (χ2n) is 11.4. The maximum absolute atomic E-state index is 13.8. The molecule has 4 aromatic rings. The predicted molar refractivity (Wildman–Crippen MR) is 169 cm³/mol. The summed E-state index contributed by atoms with van der Waals surface area (Å²) in [4.78, 5) is 33.8. The first kappa shape index (κ1) is 29.5. The van der Waals surface area contributed by atoms with Crippen LogP contribution < -0.4 is 23.8 Å². The number of carbonyl (C=O) groups is 2. The molecule has 9 nitrogen and oxygen atoms in total. The van der Waals surface area contributed by atoms with Crippen molar-refractivity contribution in [1.82, 2.24) is 4.98 Å². The van der Waals surface area contributed by atoms with Gasteiger partial charge in [-0.05, 0) is 79.3 Å². The lowest BCUT2D eigenvalue weighted by molar-refractivity contribution is -0.132. The molecule has 44 heavy (non-hydrogen) atoms. The molecule has 3 heterocycles. The van der Waals surface area contributed by atoms with Crippen LogP contribution in [-0.2, 0) is 9.59 Å². The van der Waals surface area contributed by atoms with Crippen LogP contribution in [0.25, 0.3) is 16.0 Å². The first-order chi connectivity index (χ1) is 21.2. The third-order valence-electron chi connectivity index (χ3n) is 7.74. The second-order valence-corrected chi connectivity index (χ2v) is 12.4. The van der Waals surface area contributed by atoms with E-state index >= 15 is 0 Å². The molecule has 0 spiro atoms. The quantitative estimate of drug-likeness (QED) is 0.132. The molecule has 1 fully saturated rings. The smallest absolute Gasteiger partial charge is 0.301 e. The fourth-order valence-corrected chi connectivity index (χ4v) is 6.70. The highest BCUT2D eigenvalue weighted by molar-refractivity contribution is 7.22. The van der Waals surface area contributed by atoms with Gasteiger partial charge < -0.3 is 24.1 Å². The molecule has 3 aromatic carbocycles. The summed E-state index contributed by atoms with van der Waals surface area (Å²) in [5.74, 6) is 0.553. The van der Waals surface area contributed by atoms with E-state index < -0.39 is 17.7 Å². The van der Waals surface area contributed by atoms with Gasteiger partial charge in [-0.25, -0.2) is 4.98 Å². The van der Waals surface area contributed by atoms with Crippen LogP contribution in [0.3, 0.4) is 0 Å². The Hall–Kier alpha value is -4.57. The van der Waals surface area contributed by atoms with Crippen LogP contribution in [-0.4, -0.2) is 48.7 Å². The summed E-state index contributed by atoms with van der Waals surface area (Å²) in [5.41, 5.74) is 3.62. The number of aryl methyl sites for hydroxylation is 2. The number of rotatable bonds is 8. The Morgan fingerprint density at radius 3 is 2.57 bits per heavy atom. The number of methoxy groups -OCH3 is 1. The number of benzene rings is 3. The second kappa shape index (κ2) is 11.8. The largest absolute Gasteiger partial charge is 0.507 e. The minimum Gasteiger partial charge on any atom is -0.507 e. The lowest BCUT2D eigenvalue weighted by atomic mass is 9.95. The number of thiazole rings is 1. The topological polar surface area (TPSA) is 107 Å². The van der Waals surface area contributed by atoms with Crippen LogP contribution in [0, 0.1) is 19.8 Å². The number of carbonyl (C=O) groups excluding carboxylic acids is 2. The van der Waals surface area contributed by atoms with Gasteiger partial charge in [-0.1, -0.05) is 37.3 Å². The van der Waals surface area contributed by atoms with Crippen molar-refractivity contribution in [1.29, 1.82) is 0 Å². The SMILES string of the molecule is COc1cc(C2/C(=C(/O)c3ccc4c(c3)OCCO4)C(=O)C(=O)N2c2nc3c(C)cc(C)cc3s2)ccc1OCCC(C)C. The van der Waals surface area contributed by atoms with Crippen molar-refractivity contribution in [2.24, 2.45) is 5.92 Å². The molecule has 2 aliphatic heterocycles. The van der Waals surface area contributed by atoms with Gasteiger partial charge in [0, 0.05) is 5.56 Å². The van der Waals surface area contributed by atoms with Gasteiger partial charge in [-0.15, -0.1) is 0 Å². The van der Waals surface area contributed by atoms with Gasteiger partial charge in [0.2, 0.25) is 0 Å². The summed E-state index contributed by atoms with van der Waals surface area (Å²) >= 11 is 1.33. The highest BCUT2D eigenvalue weighted by Crippen LogP contribution is 2.47. The van der Waals surface area contributed by atoms with Crippen LogP contribution in [0.2, 0.25) is 0 Å². The number of ether oxygens (including phenoxy) is 4. The molecule has 1 amide bonds. The Balaban J connectivity index is 1.51. The molecule has 10 heteroatoms. The molecule has 228 valence electrons. The van der Waals surface area contributed by atoms with E-state index in [0.29, 0.717) is 65.0 Å². The number of amides is 1. The molecule has 1 unspecified atom stereocenters. The zero-order valence-electron chi connectivity index (χ0n) is 25.3.